The lowest BCUT2D eigenvalue weighted by atomic mass is 9.78. The Morgan fingerprint density at radius 1 is 1.25 bits per heavy atom. The zero-order chi connectivity index (χ0) is 14.0. The van der Waals surface area contributed by atoms with Crippen molar-refractivity contribution in [2.75, 3.05) is 23.8 Å². The van der Waals surface area contributed by atoms with Gasteiger partial charge in [-0.05, 0) is 60.8 Å². The molecule has 0 aliphatic carbocycles. The van der Waals surface area contributed by atoms with Gasteiger partial charge in [-0.1, -0.05) is 12.1 Å². The summed E-state index contributed by atoms with van der Waals surface area (Å²) in [4.78, 5) is 0. The van der Waals surface area contributed by atoms with Crippen LogP contribution in [0, 0.1) is 5.92 Å². The fourth-order valence-corrected chi connectivity index (χ4v) is 4.63. The van der Waals surface area contributed by atoms with Crippen molar-refractivity contribution in [1.82, 2.24) is 0 Å². The van der Waals surface area contributed by atoms with Crippen molar-refractivity contribution < 1.29 is 9.84 Å². The SMILES string of the molecule is Nc1ccc(C(O)C2CCOC3(CCSCC3)C2)cc1. The molecule has 2 aliphatic heterocycles. The fraction of sp³-hybridized carbons (Fsp3) is 0.625. The Morgan fingerprint density at radius 3 is 2.65 bits per heavy atom. The van der Waals surface area contributed by atoms with Gasteiger partial charge in [-0.25, -0.2) is 0 Å². The molecule has 1 aromatic carbocycles. The van der Waals surface area contributed by atoms with Crippen molar-refractivity contribution in [3.05, 3.63) is 29.8 Å². The lowest BCUT2D eigenvalue weighted by Crippen LogP contribution is -2.44. The van der Waals surface area contributed by atoms with Gasteiger partial charge in [0.15, 0.2) is 0 Å². The van der Waals surface area contributed by atoms with E-state index in [9.17, 15) is 5.11 Å². The fourth-order valence-electron chi connectivity index (χ4n) is 3.39. The summed E-state index contributed by atoms with van der Waals surface area (Å²) < 4.78 is 6.10. The number of hydrogen-bond acceptors (Lipinski definition) is 4. The van der Waals surface area contributed by atoms with Gasteiger partial charge in [-0.15, -0.1) is 0 Å². The number of nitrogens with two attached hydrogens (primary N) is 1. The molecule has 4 heteroatoms. The predicted octanol–water partition coefficient (Wildman–Crippen LogP) is 2.99. The van der Waals surface area contributed by atoms with Crippen molar-refractivity contribution in [2.45, 2.75) is 37.4 Å². The molecule has 2 unspecified atom stereocenters. The molecule has 3 N–H and O–H groups in total. The van der Waals surface area contributed by atoms with Gasteiger partial charge in [0.05, 0.1) is 11.7 Å². The molecule has 2 saturated heterocycles. The van der Waals surface area contributed by atoms with Crippen LogP contribution in [0.1, 0.15) is 37.4 Å². The first-order chi connectivity index (χ1) is 9.69. The minimum Gasteiger partial charge on any atom is -0.399 e. The molecule has 0 saturated carbocycles. The zero-order valence-electron chi connectivity index (χ0n) is 11.8. The van der Waals surface area contributed by atoms with E-state index in [4.69, 9.17) is 10.5 Å². The topological polar surface area (TPSA) is 55.5 Å². The molecule has 1 spiro atoms. The van der Waals surface area contributed by atoms with Gasteiger partial charge in [-0.2, -0.15) is 11.8 Å². The van der Waals surface area contributed by atoms with E-state index in [2.05, 4.69) is 0 Å². The molecular weight excluding hydrogens is 270 g/mol. The molecule has 110 valence electrons. The van der Waals surface area contributed by atoms with Crippen LogP contribution in [0.4, 0.5) is 5.69 Å². The highest BCUT2D eigenvalue weighted by Gasteiger charge is 2.40. The third kappa shape index (κ3) is 2.97. The van der Waals surface area contributed by atoms with E-state index in [0.29, 0.717) is 5.92 Å². The quantitative estimate of drug-likeness (QED) is 0.823. The van der Waals surface area contributed by atoms with Gasteiger partial charge in [0.25, 0.3) is 0 Å². The predicted molar refractivity (Wildman–Crippen MR) is 83.8 cm³/mol. The maximum absolute atomic E-state index is 10.6. The molecule has 0 radical (unpaired) electrons. The molecule has 20 heavy (non-hydrogen) atoms. The van der Waals surface area contributed by atoms with E-state index in [0.717, 1.165) is 43.5 Å². The average molecular weight is 293 g/mol. The monoisotopic (exact) mass is 293 g/mol. The van der Waals surface area contributed by atoms with Crippen LogP contribution in [0.2, 0.25) is 0 Å². The van der Waals surface area contributed by atoms with Crippen molar-refractivity contribution in [1.29, 1.82) is 0 Å². The second-order valence-electron chi connectivity index (χ2n) is 6.01. The molecule has 0 aromatic heterocycles. The maximum Gasteiger partial charge on any atom is 0.0820 e. The van der Waals surface area contributed by atoms with Crippen LogP contribution in [0.25, 0.3) is 0 Å². The maximum atomic E-state index is 10.6. The Kier molecular flexibility index (Phi) is 4.24. The molecular formula is C16H23NO2S. The van der Waals surface area contributed by atoms with Crippen LogP contribution in [-0.4, -0.2) is 28.8 Å². The van der Waals surface area contributed by atoms with Crippen LogP contribution in [0.5, 0.6) is 0 Å². The zero-order valence-corrected chi connectivity index (χ0v) is 12.6. The first-order valence-corrected chi connectivity index (χ1v) is 8.59. The molecule has 0 bridgehead atoms. The Labute approximate surface area is 124 Å². The van der Waals surface area contributed by atoms with Gasteiger partial charge in [0, 0.05) is 12.3 Å². The Morgan fingerprint density at radius 2 is 1.95 bits per heavy atom. The number of rotatable bonds is 2. The summed E-state index contributed by atoms with van der Waals surface area (Å²) in [6, 6.07) is 7.62. The molecule has 3 rings (SSSR count). The Bertz CT molecular complexity index is 437. The van der Waals surface area contributed by atoms with Gasteiger partial charge >= 0.3 is 0 Å². The molecule has 2 aliphatic rings. The second-order valence-corrected chi connectivity index (χ2v) is 7.23. The van der Waals surface area contributed by atoms with Crippen molar-refractivity contribution in [3.8, 4) is 0 Å². The van der Waals surface area contributed by atoms with Gasteiger partial charge < -0.3 is 15.6 Å². The van der Waals surface area contributed by atoms with E-state index >= 15 is 0 Å². The Hall–Kier alpha value is -0.710. The van der Waals surface area contributed by atoms with Crippen molar-refractivity contribution >= 4 is 17.4 Å². The van der Waals surface area contributed by atoms with E-state index in [1.165, 1.54) is 11.5 Å². The minimum absolute atomic E-state index is 0.0307. The van der Waals surface area contributed by atoms with E-state index < -0.39 is 6.10 Å². The molecule has 2 heterocycles. The first-order valence-electron chi connectivity index (χ1n) is 7.44. The van der Waals surface area contributed by atoms with Crippen LogP contribution in [0.15, 0.2) is 24.3 Å². The van der Waals surface area contributed by atoms with E-state index in [-0.39, 0.29) is 5.60 Å². The average Bonchev–Trinajstić information content (AvgIpc) is 2.48. The van der Waals surface area contributed by atoms with Crippen LogP contribution in [0.3, 0.4) is 0 Å². The minimum atomic E-state index is -0.397. The number of nitrogen functional groups attached to an aromatic ring is 1. The molecule has 2 fully saturated rings. The summed E-state index contributed by atoms with van der Waals surface area (Å²) in [5, 5.41) is 10.6. The van der Waals surface area contributed by atoms with Crippen LogP contribution < -0.4 is 5.73 Å². The standard InChI is InChI=1S/C16H23NO2S/c17-14-3-1-12(2-4-14)15(18)13-5-8-19-16(11-13)6-9-20-10-7-16/h1-4,13,15,18H,5-11,17H2. The lowest BCUT2D eigenvalue weighted by molar-refractivity contribution is -0.121. The summed E-state index contributed by atoms with van der Waals surface area (Å²) in [5.74, 6) is 2.67. The first kappa shape index (κ1) is 14.2. The summed E-state index contributed by atoms with van der Waals surface area (Å²) in [7, 11) is 0. The summed E-state index contributed by atoms with van der Waals surface area (Å²) >= 11 is 2.01. The largest absolute Gasteiger partial charge is 0.399 e. The molecule has 2 atom stereocenters. The third-order valence-electron chi connectivity index (χ3n) is 4.66. The summed E-state index contributed by atoms with van der Waals surface area (Å²) in [6.45, 7) is 0.779. The van der Waals surface area contributed by atoms with Gasteiger partial charge in [-0.3, -0.25) is 0 Å². The number of hydrogen-bond donors (Lipinski definition) is 2. The highest BCUT2D eigenvalue weighted by Crippen LogP contribution is 2.43. The van der Waals surface area contributed by atoms with E-state index in [1.54, 1.807) is 0 Å². The third-order valence-corrected chi connectivity index (χ3v) is 5.65. The Balaban J connectivity index is 1.71. The van der Waals surface area contributed by atoms with Gasteiger partial charge in [0.2, 0.25) is 0 Å². The smallest absolute Gasteiger partial charge is 0.0820 e. The lowest BCUT2D eigenvalue weighted by Gasteiger charge is -2.44. The molecule has 1 aromatic rings. The van der Waals surface area contributed by atoms with E-state index in [1.807, 2.05) is 36.0 Å². The number of thioether (sulfide) groups is 1. The molecule has 0 amide bonds. The van der Waals surface area contributed by atoms with Gasteiger partial charge in [0.1, 0.15) is 0 Å². The van der Waals surface area contributed by atoms with Crippen molar-refractivity contribution in [2.24, 2.45) is 5.92 Å². The highest BCUT2D eigenvalue weighted by molar-refractivity contribution is 7.99. The normalized spacial score (nSPS) is 27.4. The molecule has 3 nitrogen and oxygen atoms in total. The number of ether oxygens (including phenoxy) is 1. The van der Waals surface area contributed by atoms with Crippen molar-refractivity contribution in [3.63, 3.8) is 0 Å². The number of benzene rings is 1. The van der Waals surface area contributed by atoms with Crippen LogP contribution >= 0.6 is 11.8 Å². The number of aliphatic hydroxyl groups excluding tert-OH is 1. The number of anilines is 1. The second kappa shape index (κ2) is 5.96. The summed E-state index contributed by atoms with van der Waals surface area (Å²) in [5.41, 5.74) is 7.47. The van der Waals surface area contributed by atoms with Crippen LogP contribution in [-0.2, 0) is 4.74 Å². The highest BCUT2D eigenvalue weighted by atomic mass is 32.2. The number of aliphatic hydroxyl groups is 1. The summed E-state index contributed by atoms with van der Waals surface area (Å²) in [6.07, 6.45) is 3.79.